The molecule has 0 bridgehead atoms. The molecule has 1 aliphatic rings. The fourth-order valence-corrected chi connectivity index (χ4v) is 2.06. The van der Waals surface area contributed by atoms with Gasteiger partial charge in [-0.1, -0.05) is 15.9 Å². The van der Waals surface area contributed by atoms with E-state index in [9.17, 15) is 0 Å². The Morgan fingerprint density at radius 3 is 3.00 bits per heavy atom. The Kier molecular flexibility index (Phi) is 4.54. The summed E-state index contributed by atoms with van der Waals surface area (Å²) in [6.07, 6.45) is 2.56. The molecule has 2 nitrogen and oxygen atoms in total. The van der Waals surface area contributed by atoms with Gasteiger partial charge in [0.15, 0.2) is 0 Å². The molecular formula is C9H17BrO2. The van der Waals surface area contributed by atoms with Crippen LogP contribution >= 0.6 is 15.9 Å². The lowest BCUT2D eigenvalue weighted by Crippen LogP contribution is -2.30. The van der Waals surface area contributed by atoms with Crippen LogP contribution in [0, 0.1) is 5.92 Å². The number of hydrogen-bond donors (Lipinski definition) is 0. The summed E-state index contributed by atoms with van der Waals surface area (Å²) in [5.74, 6) is 0.619. The van der Waals surface area contributed by atoms with Gasteiger partial charge in [-0.3, -0.25) is 0 Å². The molecule has 0 aromatic rings. The van der Waals surface area contributed by atoms with E-state index in [1.807, 2.05) is 0 Å². The first-order valence-electron chi connectivity index (χ1n) is 4.48. The van der Waals surface area contributed by atoms with E-state index in [-0.39, 0.29) is 0 Å². The largest absolute Gasteiger partial charge is 0.382 e. The third-order valence-corrected chi connectivity index (χ3v) is 3.62. The van der Waals surface area contributed by atoms with Gasteiger partial charge in [0.2, 0.25) is 0 Å². The van der Waals surface area contributed by atoms with Crippen molar-refractivity contribution in [2.75, 3.05) is 20.3 Å². The Balaban J connectivity index is 2.28. The molecule has 0 spiro atoms. The number of alkyl halides is 1. The minimum atomic E-state index is 0.344. The lowest BCUT2D eigenvalue weighted by atomic mass is 9.96. The summed E-state index contributed by atoms with van der Waals surface area (Å²) in [7, 11) is 1.76. The van der Waals surface area contributed by atoms with Gasteiger partial charge in [-0.15, -0.1) is 0 Å². The Hall–Kier alpha value is 0.400. The van der Waals surface area contributed by atoms with E-state index in [4.69, 9.17) is 9.47 Å². The van der Waals surface area contributed by atoms with E-state index < -0.39 is 0 Å². The maximum Gasteiger partial charge on any atom is 0.0547 e. The average molecular weight is 237 g/mol. The standard InChI is InChI=1S/C9H17BrO2/c1-7(11-2)5-8-6-12-4-3-9(8)10/h7-9H,3-6H2,1-2H3. The van der Waals surface area contributed by atoms with Crippen molar-refractivity contribution >= 4 is 15.9 Å². The molecule has 0 amide bonds. The molecule has 72 valence electrons. The van der Waals surface area contributed by atoms with E-state index in [1.165, 1.54) is 0 Å². The van der Waals surface area contributed by atoms with Gasteiger partial charge in [-0.05, 0) is 25.7 Å². The number of ether oxygens (including phenoxy) is 2. The third-order valence-electron chi connectivity index (χ3n) is 2.42. The normalized spacial score (nSPS) is 33.2. The number of methoxy groups -OCH3 is 1. The van der Waals surface area contributed by atoms with Crippen molar-refractivity contribution in [3.05, 3.63) is 0 Å². The molecule has 3 heteroatoms. The van der Waals surface area contributed by atoms with Gasteiger partial charge >= 0.3 is 0 Å². The SMILES string of the molecule is COC(C)CC1COCCC1Br. The molecule has 0 aliphatic carbocycles. The summed E-state index contributed by atoms with van der Waals surface area (Å²) in [6.45, 7) is 3.88. The van der Waals surface area contributed by atoms with E-state index in [1.54, 1.807) is 7.11 Å². The van der Waals surface area contributed by atoms with Crippen LogP contribution in [-0.2, 0) is 9.47 Å². The summed E-state index contributed by atoms with van der Waals surface area (Å²) in [6, 6.07) is 0. The summed E-state index contributed by atoms with van der Waals surface area (Å²) in [4.78, 5) is 0.615. The first-order valence-corrected chi connectivity index (χ1v) is 5.40. The Labute approximate surface area is 82.7 Å². The van der Waals surface area contributed by atoms with Crippen molar-refractivity contribution in [3.8, 4) is 0 Å². The Morgan fingerprint density at radius 1 is 1.67 bits per heavy atom. The Morgan fingerprint density at radius 2 is 2.42 bits per heavy atom. The van der Waals surface area contributed by atoms with Crippen LogP contribution in [0.2, 0.25) is 0 Å². The lowest BCUT2D eigenvalue weighted by molar-refractivity contribution is 0.0261. The second-order valence-electron chi connectivity index (χ2n) is 3.42. The fourth-order valence-electron chi connectivity index (χ4n) is 1.51. The maximum absolute atomic E-state index is 5.41. The molecule has 0 aromatic heterocycles. The quantitative estimate of drug-likeness (QED) is 0.700. The van der Waals surface area contributed by atoms with E-state index in [0.29, 0.717) is 16.8 Å². The van der Waals surface area contributed by atoms with Crippen LogP contribution in [0.25, 0.3) is 0 Å². The van der Waals surface area contributed by atoms with Crippen LogP contribution in [0.5, 0.6) is 0 Å². The zero-order valence-electron chi connectivity index (χ0n) is 7.75. The highest BCUT2D eigenvalue weighted by atomic mass is 79.9. The highest BCUT2D eigenvalue weighted by Crippen LogP contribution is 2.26. The molecule has 1 heterocycles. The van der Waals surface area contributed by atoms with Gasteiger partial charge in [0, 0.05) is 18.5 Å². The summed E-state index contributed by atoms with van der Waals surface area (Å²) < 4.78 is 10.6. The fraction of sp³-hybridized carbons (Fsp3) is 1.00. The maximum atomic E-state index is 5.41. The van der Waals surface area contributed by atoms with E-state index in [2.05, 4.69) is 22.9 Å². The molecular weight excluding hydrogens is 220 g/mol. The van der Waals surface area contributed by atoms with Crippen LogP contribution in [-0.4, -0.2) is 31.3 Å². The number of hydrogen-bond acceptors (Lipinski definition) is 2. The smallest absolute Gasteiger partial charge is 0.0547 e. The summed E-state index contributed by atoms with van der Waals surface area (Å²) in [5, 5.41) is 0. The predicted molar refractivity (Wildman–Crippen MR) is 52.7 cm³/mol. The van der Waals surface area contributed by atoms with Crippen LogP contribution in [0.1, 0.15) is 19.8 Å². The van der Waals surface area contributed by atoms with Crippen LogP contribution in [0.4, 0.5) is 0 Å². The molecule has 3 unspecified atom stereocenters. The van der Waals surface area contributed by atoms with Crippen molar-refractivity contribution in [2.45, 2.75) is 30.7 Å². The highest BCUT2D eigenvalue weighted by molar-refractivity contribution is 9.09. The molecule has 1 fully saturated rings. The highest BCUT2D eigenvalue weighted by Gasteiger charge is 2.24. The number of rotatable bonds is 3. The van der Waals surface area contributed by atoms with Crippen molar-refractivity contribution < 1.29 is 9.47 Å². The lowest BCUT2D eigenvalue weighted by Gasteiger charge is -2.29. The summed E-state index contributed by atoms with van der Waals surface area (Å²) in [5.41, 5.74) is 0. The summed E-state index contributed by atoms with van der Waals surface area (Å²) >= 11 is 3.68. The third kappa shape index (κ3) is 3.04. The average Bonchev–Trinajstić information content (AvgIpc) is 2.09. The second kappa shape index (κ2) is 5.20. The van der Waals surface area contributed by atoms with E-state index in [0.717, 1.165) is 26.1 Å². The van der Waals surface area contributed by atoms with Gasteiger partial charge < -0.3 is 9.47 Å². The minimum Gasteiger partial charge on any atom is -0.382 e. The molecule has 0 radical (unpaired) electrons. The molecule has 1 aliphatic heterocycles. The van der Waals surface area contributed by atoms with Crippen LogP contribution < -0.4 is 0 Å². The minimum absolute atomic E-state index is 0.344. The number of halogens is 1. The molecule has 3 atom stereocenters. The van der Waals surface area contributed by atoms with E-state index >= 15 is 0 Å². The van der Waals surface area contributed by atoms with Crippen LogP contribution in [0.15, 0.2) is 0 Å². The van der Waals surface area contributed by atoms with Crippen LogP contribution in [0.3, 0.4) is 0 Å². The van der Waals surface area contributed by atoms with Crippen molar-refractivity contribution in [2.24, 2.45) is 5.92 Å². The predicted octanol–water partition coefficient (Wildman–Crippen LogP) is 2.21. The van der Waals surface area contributed by atoms with Gasteiger partial charge in [-0.2, -0.15) is 0 Å². The monoisotopic (exact) mass is 236 g/mol. The zero-order chi connectivity index (χ0) is 8.97. The molecule has 12 heavy (non-hydrogen) atoms. The van der Waals surface area contributed by atoms with Gasteiger partial charge in [-0.25, -0.2) is 0 Å². The van der Waals surface area contributed by atoms with Gasteiger partial charge in [0.1, 0.15) is 0 Å². The van der Waals surface area contributed by atoms with Gasteiger partial charge in [0.25, 0.3) is 0 Å². The zero-order valence-corrected chi connectivity index (χ0v) is 9.34. The van der Waals surface area contributed by atoms with Crippen molar-refractivity contribution in [1.82, 2.24) is 0 Å². The second-order valence-corrected chi connectivity index (χ2v) is 4.60. The molecule has 0 saturated carbocycles. The van der Waals surface area contributed by atoms with Gasteiger partial charge in [0.05, 0.1) is 12.7 Å². The molecule has 1 rings (SSSR count). The van der Waals surface area contributed by atoms with Crippen molar-refractivity contribution in [1.29, 1.82) is 0 Å². The molecule has 0 N–H and O–H groups in total. The molecule has 0 aromatic carbocycles. The first-order chi connectivity index (χ1) is 5.74. The van der Waals surface area contributed by atoms with Crippen molar-refractivity contribution in [3.63, 3.8) is 0 Å². The first kappa shape index (κ1) is 10.5. The topological polar surface area (TPSA) is 18.5 Å². The molecule has 1 saturated heterocycles. The Bertz CT molecular complexity index is 130.